The molecule has 2 aromatic heterocycles. The number of nitrogens with zero attached hydrogens (tertiary/aromatic N) is 5. The van der Waals surface area contributed by atoms with Crippen LogP contribution in [0.4, 0.5) is 17.5 Å². The van der Waals surface area contributed by atoms with E-state index < -0.39 is 30.3 Å². The molecule has 14 nitrogen and oxygen atoms in total. The number of fused-ring (bicyclic) bond motifs is 1. The van der Waals surface area contributed by atoms with Crippen molar-refractivity contribution in [2.75, 3.05) is 30.5 Å². The number of carbonyl (C=O) groups excluding carboxylic acids is 1. The van der Waals surface area contributed by atoms with Crippen LogP contribution in [-0.4, -0.2) is 68.2 Å². The first kappa shape index (κ1) is 24.9. The van der Waals surface area contributed by atoms with Gasteiger partial charge in [0.05, 0.1) is 31.2 Å². The quantitative estimate of drug-likeness (QED) is 0.261. The number of carboxylic acid groups (broad SMARTS) is 2. The van der Waals surface area contributed by atoms with Gasteiger partial charge in [-0.2, -0.15) is 9.97 Å². The van der Waals surface area contributed by atoms with Gasteiger partial charge in [0.2, 0.25) is 5.95 Å². The molecule has 0 fully saturated rings. The SMILES string of the molecule is COc1cc(C(=O)N[C@@H](CCC(=O)O)C(=O)O)ccc1N(C)Cc1cnc2nc(N)nc(N)c2n1. The molecule has 14 heteroatoms. The van der Waals surface area contributed by atoms with E-state index in [4.69, 9.17) is 21.3 Å². The maximum atomic E-state index is 12.6. The van der Waals surface area contributed by atoms with Gasteiger partial charge in [0, 0.05) is 19.0 Å². The van der Waals surface area contributed by atoms with Gasteiger partial charge in [-0.05, 0) is 24.6 Å². The Morgan fingerprint density at radius 3 is 2.57 bits per heavy atom. The molecule has 0 aliphatic carbocycles. The van der Waals surface area contributed by atoms with Crippen LogP contribution < -0.4 is 26.4 Å². The fraction of sp³-hybridized carbons (Fsp3) is 0.286. The van der Waals surface area contributed by atoms with Gasteiger partial charge in [-0.3, -0.25) is 9.59 Å². The normalized spacial score (nSPS) is 11.6. The van der Waals surface area contributed by atoms with Crippen molar-refractivity contribution in [1.29, 1.82) is 0 Å². The van der Waals surface area contributed by atoms with Gasteiger partial charge in [0.15, 0.2) is 17.0 Å². The van der Waals surface area contributed by atoms with Crippen LogP contribution in [0.5, 0.6) is 5.75 Å². The second-order valence-corrected chi connectivity index (χ2v) is 7.54. The zero-order valence-corrected chi connectivity index (χ0v) is 18.9. The first-order valence-corrected chi connectivity index (χ1v) is 10.3. The van der Waals surface area contributed by atoms with Gasteiger partial charge in [-0.15, -0.1) is 0 Å². The highest BCUT2D eigenvalue weighted by atomic mass is 16.5. The Hall–Kier alpha value is -4.75. The molecule has 7 N–H and O–H groups in total. The number of nitrogen functional groups attached to an aromatic ring is 2. The number of benzene rings is 1. The molecule has 184 valence electrons. The van der Waals surface area contributed by atoms with E-state index in [0.717, 1.165) is 0 Å². The van der Waals surface area contributed by atoms with Gasteiger partial charge in [-0.1, -0.05) is 0 Å². The highest BCUT2D eigenvalue weighted by molar-refractivity contribution is 5.97. The first-order chi connectivity index (χ1) is 16.6. The summed E-state index contributed by atoms with van der Waals surface area (Å²) in [7, 11) is 3.21. The molecule has 35 heavy (non-hydrogen) atoms. The van der Waals surface area contributed by atoms with Crippen molar-refractivity contribution in [3.8, 4) is 5.75 Å². The number of rotatable bonds is 10. The van der Waals surface area contributed by atoms with Crippen LogP contribution >= 0.6 is 0 Å². The van der Waals surface area contributed by atoms with E-state index in [0.29, 0.717) is 29.2 Å². The second kappa shape index (κ2) is 10.5. The van der Waals surface area contributed by atoms with Crippen molar-refractivity contribution in [1.82, 2.24) is 25.3 Å². The van der Waals surface area contributed by atoms with Crippen LogP contribution in [0.3, 0.4) is 0 Å². The lowest BCUT2D eigenvalue weighted by Crippen LogP contribution is -2.41. The summed E-state index contributed by atoms with van der Waals surface area (Å²) in [6.07, 6.45) is 0.887. The predicted molar refractivity (Wildman–Crippen MR) is 125 cm³/mol. The number of amides is 1. The zero-order chi connectivity index (χ0) is 25.7. The summed E-state index contributed by atoms with van der Waals surface area (Å²) in [6.45, 7) is 0.297. The molecule has 0 aliphatic heterocycles. The lowest BCUT2D eigenvalue weighted by Gasteiger charge is -2.22. The molecule has 0 radical (unpaired) electrons. The fourth-order valence-corrected chi connectivity index (χ4v) is 3.29. The molecule has 0 aliphatic rings. The summed E-state index contributed by atoms with van der Waals surface area (Å²) in [4.78, 5) is 53.1. The molecule has 0 unspecified atom stereocenters. The smallest absolute Gasteiger partial charge is 0.326 e. The lowest BCUT2D eigenvalue weighted by molar-refractivity contribution is -0.140. The number of anilines is 3. The minimum Gasteiger partial charge on any atom is -0.495 e. The molecule has 3 aromatic rings. The Kier molecular flexibility index (Phi) is 7.43. The van der Waals surface area contributed by atoms with E-state index >= 15 is 0 Å². The zero-order valence-electron chi connectivity index (χ0n) is 18.9. The third kappa shape index (κ3) is 5.98. The number of methoxy groups -OCH3 is 1. The molecule has 2 heterocycles. The van der Waals surface area contributed by atoms with E-state index in [1.807, 2.05) is 0 Å². The van der Waals surface area contributed by atoms with Gasteiger partial charge >= 0.3 is 11.9 Å². The van der Waals surface area contributed by atoms with E-state index in [9.17, 15) is 19.5 Å². The molecule has 0 spiro atoms. The largest absolute Gasteiger partial charge is 0.495 e. The van der Waals surface area contributed by atoms with Gasteiger partial charge in [0.1, 0.15) is 11.8 Å². The molecule has 0 saturated heterocycles. The van der Waals surface area contributed by atoms with Crippen molar-refractivity contribution in [2.45, 2.75) is 25.4 Å². The maximum Gasteiger partial charge on any atom is 0.326 e. The van der Waals surface area contributed by atoms with Crippen molar-refractivity contribution >= 4 is 46.5 Å². The highest BCUT2D eigenvalue weighted by Crippen LogP contribution is 2.30. The molecule has 1 amide bonds. The van der Waals surface area contributed by atoms with Crippen LogP contribution in [0, 0.1) is 0 Å². The summed E-state index contributed by atoms with van der Waals surface area (Å²) in [6, 6.07) is 3.25. The molecular weight excluding hydrogens is 460 g/mol. The number of hydrogen-bond donors (Lipinski definition) is 5. The summed E-state index contributed by atoms with van der Waals surface area (Å²) in [5.41, 5.74) is 13.4. The summed E-state index contributed by atoms with van der Waals surface area (Å²) in [5.74, 6) is -2.70. The topological polar surface area (TPSA) is 220 Å². The maximum absolute atomic E-state index is 12.6. The standard InChI is InChI=1S/C21H24N8O6/c1-29(9-11-8-24-18-16(25-11)17(22)27-21(23)28-18)13-5-3-10(7-14(13)35-2)19(32)26-12(20(33)34)4-6-15(30)31/h3,5,7-8,12H,4,6,9H2,1-2H3,(H,26,32)(H,30,31)(H,33,34)(H4,22,23,24,27,28)/t12-/m0/s1. The van der Waals surface area contributed by atoms with Crippen LogP contribution in [-0.2, 0) is 16.1 Å². The summed E-state index contributed by atoms with van der Waals surface area (Å²) in [5, 5.41) is 20.4. The third-order valence-electron chi connectivity index (χ3n) is 5.00. The van der Waals surface area contributed by atoms with Crippen LogP contribution in [0.2, 0.25) is 0 Å². The molecule has 0 bridgehead atoms. The number of hydrogen-bond acceptors (Lipinski definition) is 11. The monoisotopic (exact) mass is 484 g/mol. The molecule has 0 saturated carbocycles. The summed E-state index contributed by atoms with van der Waals surface area (Å²) >= 11 is 0. The number of carboxylic acids is 2. The van der Waals surface area contributed by atoms with Crippen LogP contribution in [0.15, 0.2) is 24.4 Å². The minimum atomic E-state index is -1.34. The number of aliphatic carboxylic acids is 2. The highest BCUT2D eigenvalue weighted by Gasteiger charge is 2.22. The molecule has 1 aromatic carbocycles. The van der Waals surface area contributed by atoms with E-state index in [2.05, 4.69) is 25.3 Å². The predicted octanol–water partition coefficient (Wildman–Crippen LogP) is 0.277. The molecular formula is C21H24N8O6. The van der Waals surface area contributed by atoms with E-state index in [1.165, 1.54) is 25.4 Å². The van der Waals surface area contributed by atoms with Crippen molar-refractivity contribution in [3.05, 3.63) is 35.7 Å². The van der Waals surface area contributed by atoms with Crippen molar-refractivity contribution in [3.63, 3.8) is 0 Å². The van der Waals surface area contributed by atoms with Gasteiger partial charge < -0.3 is 36.6 Å². The number of nitrogens with one attached hydrogen (secondary N) is 1. The van der Waals surface area contributed by atoms with Crippen LogP contribution in [0.1, 0.15) is 28.9 Å². The van der Waals surface area contributed by atoms with Crippen molar-refractivity contribution in [2.24, 2.45) is 0 Å². The van der Waals surface area contributed by atoms with Crippen LogP contribution in [0.25, 0.3) is 11.2 Å². The average molecular weight is 484 g/mol. The van der Waals surface area contributed by atoms with Gasteiger partial charge in [0.25, 0.3) is 5.91 Å². The lowest BCUT2D eigenvalue weighted by atomic mass is 10.1. The third-order valence-corrected chi connectivity index (χ3v) is 5.00. The Labute approximate surface area is 199 Å². The number of nitrogens with two attached hydrogens (primary N) is 2. The number of aromatic nitrogens is 4. The Morgan fingerprint density at radius 1 is 1.17 bits per heavy atom. The number of ether oxygens (including phenoxy) is 1. The first-order valence-electron chi connectivity index (χ1n) is 10.3. The number of carbonyl (C=O) groups is 3. The van der Waals surface area contributed by atoms with E-state index in [1.54, 1.807) is 18.0 Å². The Balaban J connectivity index is 1.78. The van der Waals surface area contributed by atoms with Crippen molar-refractivity contribution < 1.29 is 29.3 Å². The summed E-state index contributed by atoms with van der Waals surface area (Å²) < 4.78 is 5.42. The molecule has 3 rings (SSSR count). The second-order valence-electron chi connectivity index (χ2n) is 7.54. The Bertz CT molecular complexity index is 1280. The Morgan fingerprint density at radius 2 is 1.91 bits per heavy atom. The minimum absolute atomic E-state index is 0.000378. The van der Waals surface area contributed by atoms with Gasteiger partial charge in [-0.25, -0.2) is 14.8 Å². The average Bonchev–Trinajstić information content (AvgIpc) is 2.81. The fourth-order valence-electron chi connectivity index (χ4n) is 3.29. The van der Waals surface area contributed by atoms with E-state index in [-0.39, 0.29) is 29.4 Å². The molecule has 1 atom stereocenters.